The monoisotopic (exact) mass is 259 g/mol. The second-order valence-corrected chi connectivity index (χ2v) is 4.83. The number of benzene rings is 1. The molecule has 1 aromatic heterocycles. The van der Waals surface area contributed by atoms with Crippen LogP contribution in [0.4, 0.5) is 0 Å². The van der Waals surface area contributed by atoms with Crippen molar-refractivity contribution >= 4 is 0 Å². The lowest BCUT2D eigenvalue weighted by atomic mass is 10.2. The van der Waals surface area contributed by atoms with Crippen LogP contribution in [0.15, 0.2) is 34.9 Å². The highest BCUT2D eigenvalue weighted by Gasteiger charge is 2.25. The van der Waals surface area contributed by atoms with E-state index in [0.29, 0.717) is 18.3 Å². The number of aromatic nitrogens is 2. The maximum Gasteiger partial charge on any atom is 0.241 e. The van der Waals surface area contributed by atoms with E-state index in [1.165, 1.54) is 0 Å². The van der Waals surface area contributed by atoms with Crippen molar-refractivity contribution in [2.45, 2.75) is 25.4 Å². The summed E-state index contributed by atoms with van der Waals surface area (Å²) in [4.78, 5) is 6.61. The van der Waals surface area contributed by atoms with Crippen molar-refractivity contribution in [1.82, 2.24) is 15.0 Å². The van der Waals surface area contributed by atoms with Crippen LogP contribution < -0.4 is 0 Å². The molecule has 1 unspecified atom stereocenters. The summed E-state index contributed by atoms with van der Waals surface area (Å²) in [5.74, 6) is 1.23. The van der Waals surface area contributed by atoms with Crippen molar-refractivity contribution in [3.63, 3.8) is 0 Å². The van der Waals surface area contributed by atoms with Crippen LogP contribution in [0.5, 0.6) is 0 Å². The van der Waals surface area contributed by atoms with Crippen molar-refractivity contribution in [1.29, 1.82) is 0 Å². The number of nitrogens with zero attached hydrogens (tertiary/aromatic N) is 3. The normalized spacial score (nSPS) is 19.9. The molecule has 0 spiro atoms. The molecule has 1 fully saturated rings. The summed E-state index contributed by atoms with van der Waals surface area (Å²) in [6.45, 7) is 1.79. The minimum Gasteiger partial charge on any atom is -0.395 e. The fourth-order valence-corrected chi connectivity index (χ4v) is 2.51. The zero-order valence-corrected chi connectivity index (χ0v) is 10.7. The Bertz CT molecular complexity index is 526. The van der Waals surface area contributed by atoms with E-state index in [2.05, 4.69) is 15.0 Å². The number of likely N-dealkylation sites (tertiary alicyclic amines) is 1. The molecule has 1 aromatic carbocycles. The second kappa shape index (κ2) is 5.50. The van der Waals surface area contributed by atoms with Gasteiger partial charge in [-0.2, -0.15) is 4.98 Å². The lowest BCUT2D eigenvalue weighted by molar-refractivity contribution is 0.141. The predicted molar refractivity (Wildman–Crippen MR) is 70.3 cm³/mol. The van der Waals surface area contributed by atoms with E-state index in [1.54, 1.807) is 0 Å². The van der Waals surface area contributed by atoms with Crippen LogP contribution in [0.3, 0.4) is 0 Å². The average molecular weight is 259 g/mol. The van der Waals surface area contributed by atoms with Gasteiger partial charge in [0.1, 0.15) is 0 Å². The molecule has 19 heavy (non-hydrogen) atoms. The lowest BCUT2D eigenvalue weighted by Crippen LogP contribution is -2.31. The molecule has 1 aliphatic rings. The third-order valence-electron chi connectivity index (χ3n) is 3.55. The van der Waals surface area contributed by atoms with Crippen LogP contribution in [0.2, 0.25) is 0 Å². The van der Waals surface area contributed by atoms with Gasteiger partial charge >= 0.3 is 0 Å². The molecular weight excluding hydrogens is 242 g/mol. The summed E-state index contributed by atoms with van der Waals surface area (Å²) < 4.78 is 5.29. The number of aliphatic hydroxyl groups excluding tert-OH is 1. The third kappa shape index (κ3) is 2.67. The van der Waals surface area contributed by atoms with E-state index in [9.17, 15) is 5.11 Å². The predicted octanol–water partition coefficient (Wildman–Crippen LogP) is 1.69. The summed E-state index contributed by atoms with van der Waals surface area (Å²) in [7, 11) is 0. The molecule has 0 bridgehead atoms. The van der Waals surface area contributed by atoms with Crippen molar-refractivity contribution in [2.24, 2.45) is 0 Å². The van der Waals surface area contributed by atoms with Crippen LogP contribution in [-0.4, -0.2) is 39.3 Å². The highest BCUT2D eigenvalue weighted by Crippen LogP contribution is 2.20. The molecule has 2 heterocycles. The highest BCUT2D eigenvalue weighted by atomic mass is 16.5. The Morgan fingerprint density at radius 1 is 1.32 bits per heavy atom. The Labute approximate surface area is 111 Å². The van der Waals surface area contributed by atoms with E-state index >= 15 is 0 Å². The molecule has 0 aliphatic carbocycles. The number of rotatable bonds is 4. The van der Waals surface area contributed by atoms with Crippen LogP contribution in [0, 0.1) is 0 Å². The molecule has 5 nitrogen and oxygen atoms in total. The maximum absolute atomic E-state index is 9.29. The molecule has 3 rings (SSSR count). The first-order valence-corrected chi connectivity index (χ1v) is 6.60. The molecule has 0 saturated carbocycles. The summed E-state index contributed by atoms with van der Waals surface area (Å²) in [5, 5.41) is 13.3. The van der Waals surface area contributed by atoms with Gasteiger partial charge in [-0.25, -0.2) is 0 Å². The molecule has 100 valence electrons. The smallest absolute Gasteiger partial charge is 0.241 e. The first kappa shape index (κ1) is 12.3. The summed E-state index contributed by atoms with van der Waals surface area (Å²) in [5.41, 5.74) is 0.956. The van der Waals surface area contributed by atoms with Gasteiger partial charge in [0.2, 0.25) is 11.7 Å². The number of hydrogen-bond donors (Lipinski definition) is 1. The van der Waals surface area contributed by atoms with Gasteiger partial charge in [0.25, 0.3) is 0 Å². The molecule has 1 saturated heterocycles. The number of aliphatic hydroxyl groups is 1. The van der Waals surface area contributed by atoms with Gasteiger partial charge < -0.3 is 9.63 Å². The Morgan fingerprint density at radius 3 is 2.95 bits per heavy atom. The SMILES string of the molecule is OCC1CCCN1Cc1nc(-c2ccccc2)no1. The van der Waals surface area contributed by atoms with E-state index in [-0.39, 0.29) is 12.6 Å². The van der Waals surface area contributed by atoms with Crippen molar-refractivity contribution < 1.29 is 9.63 Å². The second-order valence-electron chi connectivity index (χ2n) is 4.83. The minimum absolute atomic E-state index is 0.194. The van der Waals surface area contributed by atoms with Crippen molar-refractivity contribution in [3.05, 3.63) is 36.2 Å². The maximum atomic E-state index is 9.29. The Kier molecular flexibility index (Phi) is 3.57. The van der Waals surface area contributed by atoms with E-state index in [0.717, 1.165) is 24.9 Å². The van der Waals surface area contributed by atoms with Gasteiger partial charge in [0.05, 0.1) is 13.2 Å². The van der Waals surface area contributed by atoms with Crippen LogP contribution >= 0.6 is 0 Å². The molecule has 1 atom stereocenters. The minimum atomic E-state index is 0.194. The fourth-order valence-electron chi connectivity index (χ4n) is 2.51. The van der Waals surface area contributed by atoms with Gasteiger partial charge in [-0.05, 0) is 19.4 Å². The molecule has 1 N–H and O–H groups in total. The van der Waals surface area contributed by atoms with Crippen LogP contribution in [0.1, 0.15) is 18.7 Å². The van der Waals surface area contributed by atoms with E-state index < -0.39 is 0 Å². The Morgan fingerprint density at radius 2 is 2.16 bits per heavy atom. The first-order chi connectivity index (χ1) is 9.36. The van der Waals surface area contributed by atoms with E-state index in [4.69, 9.17) is 4.52 Å². The van der Waals surface area contributed by atoms with Crippen LogP contribution in [-0.2, 0) is 6.54 Å². The third-order valence-corrected chi connectivity index (χ3v) is 3.55. The quantitative estimate of drug-likeness (QED) is 0.905. The molecule has 0 amide bonds. The molecule has 0 radical (unpaired) electrons. The Balaban J connectivity index is 1.72. The first-order valence-electron chi connectivity index (χ1n) is 6.60. The molecule has 5 heteroatoms. The largest absolute Gasteiger partial charge is 0.395 e. The molecule has 1 aliphatic heterocycles. The van der Waals surface area contributed by atoms with Gasteiger partial charge in [0, 0.05) is 11.6 Å². The zero-order chi connectivity index (χ0) is 13.1. The van der Waals surface area contributed by atoms with Gasteiger partial charge in [-0.1, -0.05) is 35.5 Å². The van der Waals surface area contributed by atoms with Gasteiger partial charge in [-0.3, -0.25) is 4.90 Å². The highest BCUT2D eigenvalue weighted by molar-refractivity contribution is 5.53. The lowest BCUT2D eigenvalue weighted by Gasteiger charge is -2.20. The number of hydrogen-bond acceptors (Lipinski definition) is 5. The Hall–Kier alpha value is -1.72. The van der Waals surface area contributed by atoms with E-state index in [1.807, 2.05) is 30.3 Å². The average Bonchev–Trinajstić information content (AvgIpc) is 3.09. The van der Waals surface area contributed by atoms with Crippen molar-refractivity contribution in [2.75, 3.05) is 13.2 Å². The summed E-state index contributed by atoms with van der Waals surface area (Å²) in [6, 6.07) is 10.0. The summed E-state index contributed by atoms with van der Waals surface area (Å²) in [6.07, 6.45) is 2.15. The zero-order valence-electron chi connectivity index (χ0n) is 10.7. The molecule has 2 aromatic rings. The summed E-state index contributed by atoms with van der Waals surface area (Å²) >= 11 is 0. The van der Waals surface area contributed by atoms with Crippen LogP contribution in [0.25, 0.3) is 11.4 Å². The molecular formula is C14H17N3O2. The van der Waals surface area contributed by atoms with Gasteiger partial charge in [0.15, 0.2) is 0 Å². The standard InChI is InChI=1S/C14H17N3O2/c18-10-12-7-4-8-17(12)9-13-15-14(16-19-13)11-5-2-1-3-6-11/h1-3,5-6,12,18H,4,7-10H2. The van der Waals surface area contributed by atoms with Gasteiger partial charge in [-0.15, -0.1) is 0 Å². The fraction of sp³-hybridized carbons (Fsp3) is 0.429. The topological polar surface area (TPSA) is 62.4 Å². The van der Waals surface area contributed by atoms with Crippen molar-refractivity contribution in [3.8, 4) is 11.4 Å².